The number of carbonyl (C=O) groups excluding carboxylic acids is 3. The smallest absolute Gasteiger partial charge is 0.335 e. The summed E-state index contributed by atoms with van der Waals surface area (Å²) in [6.07, 6.45) is 0.444. The maximum absolute atomic E-state index is 12.6. The van der Waals surface area contributed by atoms with E-state index in [9.17, 15) is 19.2 Å². The fraction of sp³-hybridized carbons (Fsp3) is 0.238. The summed E-state index contributed by atoms with van der Waals surface area (Å²) in [7, 11) is 0. The third-order valence-electron chi connectivity index (χ3n) is 4.86. The molecule has 31 heavy (non-hydrogen) atoms. The molecule has 0 radical (unpaired) electrons. The van der Waals surface area contributed by atoms with Crippen LogP contribution in [0.2, 0.25) is 0 Å². The molecule has 0 aliphatic carbocycles. The number of rotatable bonds is 7. The van der Waals surface area contributed by atoms with Gasteiger partial charge in [-0.2, -0.15) is 0 Å². The maximum Gasteiger partial charge on any atom is 0.335 e. The number of imide groups is 1. The van der Waals surface area contributed by atoms with Crippen molar-refractivity contribution in [3.8, 4) is 11.5 Å². The monoisotopic (exact) mass is 442 g/mol. The van der Waals surface area contributed by atoms with Crippen molar-refractivity contribution in [1.82, 2.24) is 10.2 Å². The van der Waals surface area contributed by atoms with Gasteiger partial charge in [0.2, 0.25) is 5.91 Å². The van der Waals surface area contributed by atoms with Crippen LogP contribution in [-0.4, -0.2) is 58.2 Å². The summed E-state index contributed by atoms with van der Waals surface area (Å²) in [5.74, 6) is -0.745. The maximum atomic E-state index is 12.6. The van der Waals surface area contributed by atoms with Gasteiger partial charge >= 0.3 is 5.97 Å². The van der Waals surface area contributed by atoms with Crippen molar-refractivity contribution < 1.29 is 33.8 Å². The van der Waals surface area contributed by atoms with Gasteiger partial charge in [-0.15, -0.1) is 0 Å². The molecular weight excluding hydrogens is 424 g/mol. The van der Waals surface area contributed by atoms with Gasteiger partial charge in [-0.1, -0.05) is 23.9 Å². The highest BCUT2D eigenvalue weighted by atomic mass is 32.2. The summed E-state index contributed by atoms with van der Waals surface area (Å²) in [4.78, 5) is 48.1. The molecule has 2 aromatic rings. The fourth-order valence-corrected chi connectivity index (χ4v) is 4.10. The first-order valence-electron chi connectivity index (χ1n) is 9.43. The van der Waals surface area contributed by atoms with Crippen molar-refractivity contribution in [3.05, 3.63) is 59.2 Å². The molecular formula is C21H18N2O7S. The molecule has 0 bridgehead atoms. The second-order valence-electron chi connectivity index (χ2n) is 6.94. The lowest BCUT2D eigenvalue weighted by Crippen LogP contribution is -2.41. The lowest BCUT2D eigenvalue weighted by Gasteiger charge is -2.28. The summed E-state index contributed by atoms with van der Waals surface area (Å²) < 4.78 is 11.2. The van der Waals surface area contributed by atoms with Gasteiger partial charge in [0.1, 0.15) is 18.1 Å². The first kappa shape index (κ1) is 20.7. The average molecular weight is 442 g/mol. The molecule has 2 heterocycles. The van der Waals surface area contributed by atoms with Crippen LogP contribution in [0.4, 0.5) is 4.79 Å². The number of fused-ring (bicyclic) bond motifs is 1. The largest absolute Gasteiger partial charge is 0.492 e. The zero-order chi connectivity index (χ0) is 22.0. The van der Waals surface area contributed by atoms with Crippen molar-refractivity contribution >= 4 is 34.8 Å². The molecule has 10 heteroatoms. The van der Waals surface area contributed by atoms with Crippen molar-refractivity contribution in [2.45, 2.75) is 11.7 Å². The average Bonchev–Trinajstić information content (AvgIpc) is 3.07. The molecule has 1 unspecified atom stereocenters. The minimum Gasteiger partial charge on any atom is -0.492 e. The van der Waals surface area contributed by atoms with E-state index in [0.29, 0.717) is 17.9 Å². The number of aromatic carboxylic acids is 1. The molecule has 2 N–H and O–H groups in total. The normalized spacial score (nSPS) is 17.7. The Kier molecular flexibility index (Phi) is 5.81. The van der Waals surface area contributed by atoms with Crippen LogP contribution in [0.1, 0.15) is 26.3 Å². The molecule has 160 valence electrons. The Labute approximate surface area is 181 Å². The molecule has 2 aliphatic heterocycles. The van der Waals surface area contributed by atoms with E-state index in [0.717, 1.165) is 17.3 Å². The number of hydrogen-bond donors (Lipinski definition) is 2. The summed E-state index contributed by atoms with van der Waals surface area (Å²) >= 11 is 0.987. The van der Waals surface area contributed by atoms with Crippen molar-refractivity contribution in [1.29, 1.82) is 0 Å². The van der Waals surface area contributed by atoms with Gasteiger partial charge in [-0.05, 0) is 42.3 Å². The van der Waals surface area contributed by atoms with Gasteiger partial charge in [0.15, 0.2) is 6.73 Å². The van der Waals surface area contributed by atoms with Gasteiger partial charge in [-0.25, -0.2) is 4.79 Å². The Balaban J connectivity index is 1.30. The number of benzene rings is 2. The van der Waals surface area contributed by atoms with E-state index in [-0.39, 0.29) is 48.1 Å². The number of nitrogens with zero attached hydrogens (tertiary/aromatic N) is 1. The molecule has 9 nitrogen and oxygen atoms in total. The lowest BCUT2D eigenvalue weighted by atomic mass is 10.1. The molecule has 0 saturated carbocycles. The highest BCUT2D eigenvalue weighted by molar-refractivity contribution is 8.15. The molecule has 1 saturated heterocycles. The Morgan fingerprint density at radius 3 is 2.65 bits per heavy atom. The first-order chi connectivity index (χ1) is 14.9. The second kappa shape index (κ2) is 8.68. The molecule has 0 spiro atoms. The molecule has 0 aromatic heterocycles. The number of carboxylic acids is 1. The van der Waals surface area contributed by atoms with Crippen LogP contribution in [0.5, 0.6) is 11.5 Å². The molecule has 3 amide bonds. The van der Waals surface area contributed by atoms with Crippen LogP contribution in [-0.2, 0) is 11.2 Å². The number of amides is 3. The lowest BCUT2D eigenvalue weighted by molar-refractivity contribution is -0.118. The molecule has 2 aromatic carbocycles. The zero-order valence-corrected chi connectivity index (χ0v) is 17.0. The van der Waals surface area contributed by atoms with Crippen LogP contribution in [0, 0.1) is 0 Å². The topological polar surface area (TPSA) is 122 Å². The van der Waals surface area contributed by atoms with Crippen LogP contribution >= 0.6 is 11.8 Å². The van der Waals surface area contributed by atoms with E-state index in [1.807, 2.05) is 12.1 Å². The van der Waals surface area contributed by atoms with E-state index in [1.54, 1.807) is 12.1 Å². The molecule has 4 rings (SSSR count). The quantitative estimate of drug-likeness (QED) is 0.669. The Morgan fingerprint density at radius 1 is 1.19 bits per heavy atom. The van der Waals surface area contributed by atoms with Crippen molar-refractivity contribution in [3.63, 3.8) is 0 Å². The molecule has 1 fully saturated rings. The molecule has 2 aliphatic rings. The highest BCUT2D eigenvalue weighted by Crippen LogP contribution is 2.26. The van der Waals surface area contributed by atoms with E-state index in [1.165, 1.54) is 23.1 Å². The van der Waals surface area contributed by atoms with Crippen molar-refractivity contribution in [2.75, 3.05) is 19.9 Å². The first-order valence-corrected chi connectivity index (χ1v) is 10.3. The summed E-state index contributed by atoms with van der Waals surface area (Å²) in [6.45, 7) is 0.538. The number of hydrogen-bond acceptors (Lipinski definition) is 7. The third kappa shape index (κ3) is 4.64. The zero-order valence-electron chi connectivity index (χ0n) is 16.2. The predicted octanol–water partition coefficient (Wildman–Crippen LogP) is 2.15. The Hall–Kier alpha value is -3.53. The van der Waals surface area contributed by atoms with E-state index in [2.05, 4.69) is 5.32 Å². The standard InChI is InChI=1S/C21H18N2O7S/c24-18-17(31-21(28)22-18)9-12-1-4-14(5-2-12)29-8-7-23-11-30-16-6-3-13(20(26)27)10-15(16)19(23)25/h1-6,10,17H,7-9,11H2,(H,26,27)(H,22,24,28). The second-order valence-corrected chi connectivity index (χ2v) is 8.11. The Bertz CT molecular complexity index is 1050. The van der Waals surface area contributed by atoms with Crippen LogP contribution in [0.25, 0.3) is 0 Å². The summed E-state index contributed by atoms with van der Waals surface area (Å²) in [6, 6.07) is 11.4. The number of ether oxygens (including phenoxy) is 2. The minimum absolute atomic E-state index is 0.0201. The van der Waals surface area contributed by atoms with Crippen LogP contribution < -0.4 is 14.8 Å². The van der Waals surface area contributed by atoms with Crippen LogP contribution in [0.3, 0.4) is 0 Å². The highest BCUT2D eigenvalue weighted by Gasteiger charge is 2.31. The molecule has 1 atom stereocenters. The van der Waals surface area contributed by atoms with Gasteiger partial charge in [0.25, 0.3) is 11.1 Å². The van der Waals surface area contributed by atoms with Crippen molar-refractivity contribution in [2.24, 2.45) is 0 Å². The number of carboxylic acid groups (broad SMARTS) is 1. The number of thioether (sulfide) groups is 1. The van der Waals surface area contributed by atoms with Crippen LogP contribution in [0.15, 0.2) is 42.5 Å². The number of carbonyl (C=O) groups is 4. The van der Waals surface area contributed by atoms with E-state index < -0.39 is 11.2 Å². The summed E-state index contributed by atoms with van der Waals surface area (Å²) in [5, 5.41) is 10.6. The predicted molar refractivity (Wildman–Crippen MR) is 110 cm³/mol. The van der Waals surface area contributed by atoms with Gasteiger partial charge < -0.3 is 19.5 Å². The van der Waals surface area contributed by atoms with E-state index in [4.69, 9.17) is 14.6 Å². The van der Waals surface area contributed by atoms with Gasteiger partial charge in [-0.3, -0.25) is 19.7 Å². The minimum atomic E-state index is -1.11. The van der Waals surface area contributed by atoms with Gasteiger partial charge in [0.05, 0.1) is 22.9 Å². The van der Waals surface area contributed by atoms with Gasteiger partial charge in [0, 0.05) is 0 Å². The number of nitrogens with one attached hydrogen (secondary N) is 1. The SMILES string of the molecule is O=C1NC(=O)C(Cc2ccc(OCCN3COc4ccc(C(=O)O)cc4C3=O)cc2)S1. The fourth-order valence-electron chi connectivity index (χ4n) is 3.24. The summed E-state index contributed by atoms with van der Waals surface area (Å²) in [5.41, 5.74) is 1.13. The Morgan fingerprint density at radius 2 is 1.97 bits per heavy atom. The third-order valence-corrected chi connectivity index (χ3v) is 5.84. The van der Waals surface area contributed by atoms with E-state index >= 15 is 0 Å².